The van der Waals surface area contributed by atoms with E-state index >= 15 is 0 Å². The van der Waals surface area contributed by atoms with Gasteiger partial charge in [0, 0.05) is 22.8 Å². The minimum Gasteiger partial charge on any atom is -0.321 e. The highest BCUT2D eigenvalue weighted by Gasteiger charge is 2.50. The van der Waals surface area contributed by atoms with Crippen molar-refractivity contribution >= 4 is 27.4 Å². The van der Waals surface area contributed by atoms with Crippen molar-refractivity contribution < 1.29 is 22.4 Å². The normalized spacial score (nSPS) is 17.2. The lowest BCUT2D eigenvalue weighted by atomic mass is 9.91. The van der Waals surface area contributed by atoms with E-state index in [0.29, 0.717) is 14.9 Å². The third-order valence-corrected chi connectivity index (χ3v) is 5.03. The smallest absolute Gasteiger partial charge is 0.321 e. The molecule has 4 nitrogen and oxygen atoms in total. The van der Waals surface area contributed by atoms with Crippen LogP contribution in [-0.2, 0) is 6.42 Å². The number of carbonyl (C=O) groups is 1. The second kappa shape index (κ2) is 6.33. The minimum atomic E-state index is -4.81. The number of benzene rings is 1. The van der Waals surface area contributed by atoms with E-state index in [0.717, 1.165) is 6.07 Å². The maximum absolute atomic E-state index is 14.2. The molecule has 1 atom stereocenters. The van der Waals surface area contributed by atoms with E-state index < -0.39 is 29.5 Å². The van der Waals surface area contributed by atoms with Crippen molar-refractivity contribution in [2.24, 2.45) is 0 Å². The Kier molecular flexibility index (Phi) is 4.21. The fraction of sp³-hybridized carbons (Fsp3) is 0.222. The molecule has 0 bridgehead atoms. The van der Waals surface area contributed by atoms with Gasteiger partial charge in [-0.25, -0.2) is 8.91 Å². The predicted octanol–water partition coefficient (Wildman–Crippen LogP) is 4.54. The summed E-state index contributed by atoms with van der Waals surface area (Å²) in [6, 6.07) is 6.30. The number of carbonyl (C=O) groups excluding carboxylic acids is 1. The molecule has 140 valence electrons. The molecule has 0 N–H and O–H groups in total. The van der Waals surface area contributed by atoms with Crippen LogP contribution in [0.4, 0.5) is 17.6 Å². The average molecular weight is 442 g/mol. The van der Waals surface area contributed by atoms with Gasteiger partial charge in [-0.05, 0) is 52.2 Å². The molecular formula is C18H12BrF4N3O. The summed E-state index contributed by atoms with van der Waals surface area (Å²) >= 11 is 3.27. The number of rotatable bonds is 1. The van der Waals surface area contributed by atoms with Crippen molar-refractivity contribution in [1.82, 2.24) is 14.5 Å². The van der Waals surface area contributed by atoms with Gasteiger partial charge >= 0.3 is 6.18 Å². The molecule has 0 saturated heterocycles. The summed E-state index contributed by atoms with van der Waals surface area (Å²) < 4.78 is 57.7. The van der Waals surface area contributed by atoms with Crippen molar-refractivity contribution in [2.45, 2.75) is 18.6 Å². The highest BCUT2D eigenvalue weighted by molar-refractivity contribution is 9.10. The van der Waals surface area contributed by atoms with Gasteiger partial charge in [-0.1, -0.05) is 12.1 Å². The molecule has 1 aromatic carbocycles. The van der Waals surface area contributed by atoms with E-state index in [1.54, 1.807) is 18.3 Å². The maximum Gasteiger partial charge on any atom is 0.413 e. The van der Waals surface area contributed by atoms with Gasteiger partial charge in [0.15, 0.2) is 11.7 Å². The van der Waals surface area contributed by atoms with E-state index in [1.165, 1.54) is 22.7 Å². The Hall–Kier alpha value is -2.42. The van der Waals surface area contributed by atoms with Crippen LogP contribution >= 0.6 is 15.9 Å². The number of amides is 1. The number of alkyl halides is 3. The third-order valence-electron chi connectivity index (χ3n) is 4.56. The average Bonchev–Trinajstić information content (AvgIpc) is 3.02. The van der Waals surface area contributed by atoms with Gasteiger partial charge in [-0.2, -0.15) is 18.3 Å². The summed E-state index contributed by atoms with van der Waals surface area (Å²) in [5.74, 6) is -1.85. The Morgan fingerprint density at radius 3 is 2.74 bits per heavy atom. The van der Waals surface area contributed by atoms with Crippen LogP contribution in [0.25, 0.3) is 5.52 Å². The number of hydrogen-bond acceptors (Lipinski definition) is 2. The fourth-order valence-electron chi connectivity index (χ4n) is 3.40. The maximum atomic E-state index is 14.2. The molecule has 0 saturated carbocycles. The van der Waals surface area contributed by atoms with Crippen LogP contribution in [-0.4, -0.2) is 33.1 Å². The van der Waals surface area contributed by atoms with Gasteiger partial charge in [-0.15, -0.1) is 0 Å². The van der Waals surface area contributed by atoms with Crippen LogP contribution < -0.4 is 0 Å². The zero-order valence-electron chi connectivity index (χ0n) is 13.7. The molecule has 27 heavy (non-hydrogen) atoms. The van der Waals surface area contributed by atoms with E-state index in [1.807, 2.05) is 0 Å². The Labute approximate surface area is 159 Å². The lowest BCUT2D eigenvalue weighted by molar-refractivity contribution is -0.182. The van der Waals surface area contributed by atoms with Crippen molar-refractivity contribution in [1.29, 1.82) is 0 Å². The summed E-state index contributed by atoms with van der Waals surface area (Å²) in [5.41, 5.74) is 0.215. The second-order valence-electron chi connectivity index (χ2n) is 6.25. The Morgan fingerprint density at radius 1 is 1.22 bits per heavy atom. The molecule has 1 amide bonds. The molecule has 4 rings (SSSR count). The monoisotopic (exact) mass is 441 g/mol. The van der Waals surface area contributed by atoms with Crippen LogP contribution in [0.1, 0.15) is 27.7 Å². The fourth-order valence-corrected chi connectivity index (χ4v) is 3.73. The molecule has 2 aromatic heterocycles. The Morgan fingerprint density at radius 2 is 2.00 bits per heavy atom. The summed E-state index contributed by atoms with van der Waals surface area (Å²) in [4.78, 5) is 13.5. The highest BCUT2D eigenvalue weighted by Crippen LogP contribution is 2.43. The van der Waals surface area contributed by atoms with Crippen LogP contribution in [0, 0.1) is 5.82 Å². The predicted molar refractivity (Wildman–Crippen MR) is 92.8 cm³/mol. The van der Waals surface area contributed by atoms with Crippen LogP contribution in [0.2, 0.25) is 0 Å². The standard InChI is InChI=1S/C18H12BrF4N3O/c19-11-4-5-12-8-14(24-26(12)9-11)17(27)25-7-6-10-2-1-3-13(20)15(10)16(25)18(21,22)23/h1-5,8-9,16H,6-7H2. The number of aromatic nitrogens is 2. The largest absolute Gasteiger partial charge is 0.413 e. The van der Waals surface area contributed by atoms with Crippen molar-refractivity contribution in [2.75, 3.05) is 6.54 Å². The van der Waals surface area contributed by atoms with Crippen LogP contribution in [0.5, 0.6) is 0 Å². The van der Waals surface area contributed by atoms with Gasteiger partial charge < -0.3 is 4.90 Å². The Bertz CT molecular complexity index is 1050. The zero-order valence-corrected chi connectivity index (χ0v) is 15.3. The van der Waals surface area contributed by atoms with Gasteiger partial charge in [-0.3, -0.25) is 4.79 Å². The second-order valence-corrected chi connectivity index (χ2v) is 7.17. The van der Waals surface area contributed by atoms with Gasteiger partial charge in [0.2, 0.25) is 0 Å². The summed E-state index contributed by atoms with van der Waals surface area (Å²) in [7, 11) is 0. The molecule has 1 unspecified atom stereocenters. The number of fused-ring (bicyclic) bond motifs is 2. The first-order valence-electron chi connectivity index (χ1n) is 8.05. The first-order chi connectivity index (χ1) is 12.8. The molecule has 0 fully saturated rings. The van der Waals surface area contributed by atoms with Gasteiger partial charge in [0.25, 0.3) is 5.91 Å². The molecule has 3 heterocycles. The molecule has 0 aliphatic carbocycles. The zero-order chi connectivity index (χ0) is 19.3. The van der Waals surface area contributed by atoms with E-state index in [4.69, 9.17) is 0 Å². The summed E-state index contributed by atoms with van der Waals surface area (Å²) in [5, 5.41) is 4.08. The lowest BCUT2D eigenvalue weighted by Gasteiger charge is -2.38. The SMILES string of the molecule is O=C(c1cc2ccc(Br)cn2n1)N1CCc2cccc(F)c2C1C(F)(F)F. The molecule has 3 aromatic rings. The summed E-state index contributed by atoms with van der Waals surface area (Å²) in [6.45, 7) is -0.170. The first-order valence-corrected chi connectivity index (χ1v) is 8.85. The number of halogens is 5. The van der Waals surface area contributed by atoms with E-state index in [2.05, 4.69) is 21.0 Å². The topological polar surface area (TPSA) is 37.6 Å². The molecule has 9 heteroatoms. The molecule has 0 radical (unpaired) electrons. The molecule has 0 spiro atoms. The minimum absolute atomic E-state index is 0.123. The molecule has 1 aliphatic heterocycles. The van der Waals surface area contributed by atoms with Crippen molar-refractivity contribution in [3.05, 3.63) is 69.7 Å². The third kappa shape index (κ3) is 3.09. The van der Waals surface area contributed by atoms with E-state index in [-0.39, 0.29) is 24.2 Å². The molecular weight excluding hydrogens is 430 g/mol. The highest BCUT2D eigenvalue weighted by atomic mass is 79.9. The summed E-state index contributed by atoms with van der Waals surface area (Å²) in [6.07, 6.45) is -3.07. The number of hydrogen-bond donors (Lipinski definition) is 0. The Balaban J connectivity index is 1.79. The molecule has 1 aliphatic rings. The number of pyridine rings is 1. The quantitative estimate of drug-likeness (QED) is 0.520. The first kappa shape index (κ1) is 18.0. The van der Waals surface area contributed by atoms with Crippen molar-refractivity contribution in [3.8, 4) is 0 Å². The van der Waals surface area contributed by atoms with Gasteiger partial charge in [0.05, 0.1) is 5.52 Å². The number of nitrogens with zero attached hydrogens (tertiary/aromatic N) is 3. The van der Waals surface area contributed by atoms with Gasteiger partial charge in [0.1, 0.15) is 5.82 Å². The van der Waals surface area contributed by atoms with Crippen molar-refractivity contribution in [3.63, 3.8) is 0 Å². The lowest BCUT2D eigenvalue weighted by Crippen LogP contribution is -2.47. The van der Waals surface area contributed by atoms with E-state index in [9.17, 15) is 22.4 Å². The van der Waals surface area contributed by atoms with Crippen LogP contribution in [0.15, 0.2) is 47.1 Å². The van der Waals surface area contributed by atoms with Crippen LogP contribution in [0.3, 0.4) is 0 Å².